The SMILES string of the molecule is CC(C)(C)C1CN(c2cccc(O)c2)CCN1C(=O)O. The van der Waals surface area contributed by atoms with Crippen molar-refractivity contribution in [3.63, 3.8) is 0 Å². The van der Waals surface area contributed by atoms with Crippen molar-refractivity contribution in [2.24, 2.45) is 5.41 Å². The molecular formula is C15H22N2O3. The molecule has 0 aliphatic carbocycles. The molecule has 2 rings (SSSR count). The molecule has 0 radical (unpaired) electrons. The van der Waals surface area contributed by atoms with Crippen LogP contribution in [0.3, 0.4) is 0 Å². The van der Waals surface area contributed by atoms with E-state index in [1.807, 2.05) is 6.07 Å². The Kier molecular flexibility index (Phi) is 3.79. The first-order valence-electron chi connectivity index (χ1n) is 6.82. The molecule has 0 aromatic heterocycles. The van der Waals surface area contributed by atoms with Crippen molar-refractivity contribution in [1.29, 1.82) is 0 Å². The van der Waals surface area contributed by atoms with Gasteiger partial charge in [-0.15, -0.1) is 0 Å². The van der Waals surface area contributed by atoms with Crippen molar-refractivity contribution < 1.29 is 15.0 Å². The molecule has 0 spiro atoms. The Morgan fingerprint density at radius 3 is 2.55 bits per heavy atom. The first kappa shape index (κ1) is 14.5. The van der Waals surface area contributed by atoms with Crippen LogP contribution in [-0.2, 0) is 0 Å². The summed E-state index contributed by atoms with van der Waals surface area (Å²) in [5, 5.41) is 18.9. The third-order valence-electron chi connectivity index (χ3n) is 3.82. The number of piperazine rings is 1. The van der Waals surface area contributed by atoms with E-state index in [1.165, 1.54) is 4.90 Å². The molecule has 110 valence electrons. The van der Waals surface area contributed by atoms with Crippen LogP contribution in [0.1, 0.15) is 20.8 Å². The van der Waals surface area contributed by atoms with Gasteiger partial charge in [0.15, 0.2) is 0 Å². The van der Waals surface area contributed by atoms with E-state index in [4.69, 9.17) is 0 Å². The molecule has 0 bridgehead atoms. The fraction of sp³-hybridized carbons (Fsp3) is 0.533. The van der Waals surface area contributed by atoms with Crippen molar-refractivity contribution in [3.05, 3.63) is 24.3 Å². The van der Waals surface area contributed by atoms with E-state index in [1.54, 1.807) is 18.2 Å². The van der Waals surface area contributed by atoms with E-state index in [0.717, 1.165) is 5.69 Å². The fourth-order valence-corrected chi connectivity index (χ4v) is 2.68. The standard InChI is InChI=1S/C15H22N2O3/c1-15(2,3)13-10-16(7-8-17(13)14(19)20)11-5-4-6-12(18)9-11/h4-6,9,13,18H,7-8,10H2,1-3H3,(H,19,20). The van der Waals surface area contributed by atoms with Crippen molar-refractivity contribution >= 4 is 11.8 Å². The van der Waals surface area contributed by atoms with Crippen LogP contribution >= 0.6 is 0 Å². The number of carbonyl (C=O) groups is 1. The van der Waals surface area contributed by atoms with Gasteiger partial charge >= 0.3 is 6.09 Å². The number of phenols is 1. The number of benzene rings is 1. The maximum absolute atomic E-state index is 11.4. The molecule has 1 aliphatic rings. The Hall–Kier alpha value is -1.91. The van der Waals surface area contributed by atoms with Gasteiger partial charge in [0.2, 0.25) is 0 Å². The summed E-state index contributed by atoms with van der Waals surface area (Å²) in [5.74, 6) is 0.232. The summed E-state index contributed by atoms with van der Waals surface area (Å²) in [5.41, 5.74) is 0.803. The summed E-state index contributed by atoms with van der Waals surface area (Å²) in [7, 11) is 0. The molecule has 0 saturated carbocycles. The van der Waals surface area contributed by atoms with Crippen LogP contribution in [0.25, 0.3) is 0 Å². The Bertz CT molecular complexity index is 496. The van der Waals surface area contributed by atoms with E-state index in [9.17, 15) is 15.0 Å². The number of aromatic hydroxyl groups is 1. The minimum absolute atomic E-state index is 0.0731. The summed E-state index contributed by atoms with van der Waals surface area (Å²) in [6.45, 7) is 7.92. The monoisotopic (exact) mass is 278 g/mol. The van der Waals surface area contributed by atoms with Crippen molar-refractivity contribution in [2.45, 2.75) is 26.8 Å². The second kappa shape index (κ2) is 5.23. The highest BCUT2D eigenvalue weighted by atomic mass is 16.4. The van der Waals surface area contributed by atoms with Crippen LogP contribution in [0.4, 0.5) is 10.5 Å². The highest BCUT2D eigenvalue weighted by Gasteiger charge is 2.38. The van der Waals surface area contributed by atoms with Gasteiger partial charge in [0.25, 0.3) is 0 Å². The van der Waals surface area contributed by atoms with Gasteiger partial charge in [0.05, 0.1) is 6.04 Å². The van der Waals surface area contributed by atoms with Crippen molar-refractivity contribution in [2.75, 3.05) is 24.5 Å². The Morgan fingerprint density at radius 1 is 1.30 bits per heavy atom. The quantitative estimate of drug-likeness (QED) is 0.829. The van der Waals surface area contributed by atoms with Gasteiger partial charge in [0, 0.05) is 31.4 Å². The van der Waals surface area contributed by atoms with Gasteiger partial charge in [-0.25, -0.2) is 4.79 Å². The van der Waals surface area contributed by atoms with Crippen LogP contribution in [0.2, 0.25) is 0 Å². The average Bonchev–Trinajstić information content (AvgIpc) is 2.37. The molecule has 1 aromatic rings. The topological polar surface area (TPSA) is 64.0 Å². The summed E-state index contributed by atoms with van der Waals surface area (Å²) in [4.78, 5) is 15.0. The van der Waals surface area contributed by atoms with E-state index in [-0.39, 0.29) is 17.2 Å². The number of hydrogen-bond acceptors (Lipinski definition) is 3. The largest absolute Gasteiger partial charge is 0.508 e. The number of rotatable bonds is 1. The highest BCUT2D eigenvalue weighted by Crippen LogP contribution is 2.30. The number of nitrogens with zero attached hydrogens (tertiary/aromatic N) is 2. The second-order valence-corrected chi connectivity index (χ2v) is 6.32. The number of hydrogen-bond donors (Lipinski definition) is 2. The zero-order valence-electron chi connectivity index (χ0n) is 12.2. The molecular weight excluding hydrogens is 256 g/mol. The fourth-order valence-electron chi connectivity index (χ4n) is 2.68. The third kappa shape index (κ3) is 2.98. The third-order valence-corrected chi connectivity index (χ3v) is 3.82. The minimum atomic E-state index is -0.861. The van der Waals surface area contributed by atoms with E-state index >= 15 is 0 Å². The first-order chi connectivity index (χ1) is 9.29. The van der Waals surface area contributed by atoms with Crippen LogP contribution in [0, 0.1) is 5.41 Å². The molecule has 1 atom stereocenters. The first-order valence-corrected chi connectivity index (χ1v) is 6.82. The molecule has 2 N–H and O–H groups in total. The normalized spacial score (nSPS) is 20.1. The van der Waals surface area contributed by atoms with Crippen LogP contribution in [0.5, 0.6) is 5.75 Å². The van der Waals surface area contributed by atoms with E-state index in [2.05, 4.69) is 25.7 Å². The van der Waals surface area contributed by atoms with Crippen LogP contribution in [-0.4, -0.2) is 46.9 Å². The van der Waals surface area contributed by atoms with E-state index in [0.29, 0.717) is 19.6 Å². The highest BCUT2D eigenvalue weighted by molar-refractivity contribution is 5.66. The zero-order valence-corrected chi connectivity index (χ0v) is 12.2. The maximum Gasteiger partial charge on any atom is 0.407 e. The summed E-state index contributed by atoms with van der Waals surface area (Å²) in [6.07, 6.45) is -0.861. The lowest BCUT2D eigenvalue weighted by Crippen LogP contribution is -2.59. The summed E-state index contributed by atoms with van der Waals surface area (Å²) in [6, 6.07) is 7.03. The molecule has 1 aromatic carbocycles. The van der Waals surface area contributed by atoms with Gasteiger partial charge in [-0.2, -0.15) is 0 Å². The molecule has 5 heteroatoms. The molecule has 1 saturated heterocycles. The lowest BCUT2D eigenvalue weighted by Gasteiger charge is -2.46. The maximum atomic E-state index is 11.4. The lowest BCUT2D eigenvalue weighted by atomic mass is 9.84. The number of phenolic OH excluding ortho intramolecular Hbond substituents is 1. The Labute approximate surface area is 119 Å². The van der Waals surface area contributed by atoms with Crippen LogP contribution < -0.4 is 4.90 Å². The molecule has 20 heavy (non-hydrogen) atoms. The molecule has 1 fully saturated rings. The van der Waals surface area contributed by atoms with Gasteiger partial charge in [0.1, 0.15) is 5.75 Å². The van der Waals surface area contributed by atoms with Gasteiger partial charge in [-0.3, -0.25) is 0 Å². The molecule has 1 heterocycles. The lowest BCUT2D eigenvalue weighted by molar-refractivity contribution is 0.0748. The predicted octanol–water partition coefficient (Wildman–Crippen LogP) is 2.61. The van der Waals surface area contributed by atoms with Crippen molar-refractivity contribution in [1.82, 2.24) is 4.90 Å². The van der Waals surface area contributed by atoms with Gasteiger partial charge < -0.3 is 20.0 Å². The number of amides is 1. The Balaban J connectivity index is 2.23. The van der Waals surface area contributed by atoms with Gasteiger partial charge in [-0.05, 0) is 17.5 Å². The smallest absolute Gasteiger partial charge is 0.407 e. The minimum Gasteiger partial charge on any atom is -0.508 e. The molecule has 1 amide bonds. The number of carboxylic acid groups (broad SMARTS) is 1. The molecule has 1 aliphatic heterocycles. The average molecular weight is 278 g/mol. The summed E-state index contributed by atoms with van der Waals surface area (Å²) < 4.78 is 0. The van der Waals surface area contributed by atoms with E-state index < -0.39 is 6.09 Å². The molecule has 5 nitrogen and oxygen atoms in total. The number of anilines is 1. The second-order valence-electron chi connectivity index (χ2n) is 6.32. The van der Waals surface area contributed by atoms with Crippen molar-refractivity contribution in [3.8, 4) is 5.75 Å². The summed E-state index contributed by atoms with van der Waals surface area (Å²) >= 11 is 0. The zero-order chi connectivity index (χ0) is 14.9. The van der Waals surface area contributed by atoms with Gasteiger partial charge in [-0.1, -0.05) is 26.8 Å². The molecule has 1 unspecified atom stereocenters. The Morgan fingerprint density at radius 2 is 2.00 bits per heavy atom. The predicted molar refractivity (Wildman–Crippen MR) is 78.3 cm³/mol. The van der Waals surface area contributed by atoms with Crippen LogP contribution in [0.15, 0.2) is 24.3 Å².